The average Bonchev–Trinajstić information content (AvgIpc) is 2.68. The molecule has 86 valence electrons. The van der Waals surface area contributed by atoms with E-state index in [1.54, 1.807) is 30.6 Å². The normalized spacial score (nSPS) is 22.4. The van der Waals surface area contributed by atoms with E-state index in [9.17, 15) is 9.59 Å². The number of nitrogens with zero attached hydrogens (tertiary/aromatic N) is 1. The van der Waals surface area contributed by atoms with Gasteiger partial charge < -0.3 is 10.0 Å². The summed E-state index contributed by atoms with van der Waals surface area (Å²) < 4.78 is 0. The smallest absolute Gasteiger partial charge is 0.308 e. The van der Waals surface area contributed by atoms with Crippen LogP contribution in [-0.4, -0.2) is 46.5 Å². The molecule has 0 bridgehead atoms. The van der Waals surface area contributed by atoms with Gasteiger partial charge in [-0.2, -0.15) is 0 Å². The van der Waals surface area contributed by atoms with E-state index in [2.05, 4.69) is 0 Å². The Hall–Kier alpha value is -0.710. The first kappa shape index (κ1) is 12.4. The monoisotopic (exact) mass is 231 g/mol. The number of carbonyl (C=O) groups is 2. The minimum atomic E-state index is -0.853. The largest absolute Gasteiger partial charge is 0.481 e. The van der Waals surface area contributed by atoms with Crippen molar-refractivity contribution in [2.75, 3.05) is 19.3 Å². The SMILES string of the molecule is CC(CN(C)C(=O)C1CCCS1)C(=O)O. The molecule has 1 heterocycles. The van der Waals surface area contributed by atoms with E-state index in [-0.39, 0.29) is 11.2 Å². The molecule has 15 heavy (non-hydrogen) atoms. The maximum Gasteiger partial charge on any atom is 0.308 e. The fourth-order valence-electron chi connectivity index (χ4n) is 1.60. The highest BCUT2D eigenvalue weighted by atomic mass is 32.2. The van der Waals surface area contributed by atoms with E-state index in [1.165, 1.54) is 0 Å². The zero-order chi connectivity index (χ0) is 11.4. The number of thioether (sulfide) groups is 1. The number of carboxylic acid groups (broad SMARTS) is 1. The van der Waals surface area contributed by atoms with Gasteiger partial charge in [-0.05, 0) is 18.6 Å². The number of amides is 1. The van der Waals surface area contributed by atoms with Crippen LogP contribution >= 0.6 is 11.8 Å². The lowest BCUT2D eigenvalue weighted by Gasteiger charge is -2.22. The zero-order valence-electron chi connectivity index (χ0n) is 9.10. The lowest BCUT2D eigenvalue weighted by atomic mass is 10.1. The fraction of sp³-hybridized carbons (Fsp3) is 0.800. The quantitative estimate of drug-likeness (QED) is 0.786. The third kappa shape index (κ3) is 3.41. The van der Waals surface area contributed by atoms with E-state index in [1.807, 2.05) is 0 Å². The van der Waals surface area contributed by atoms with Crippen LogP contribution in [0.2, 0.25) is 0 Å². The summed E-state index contributed by atoms with van der Waals surface area (Å²) >= 11 is 1.68. The average molecular weight is 231 g/mol. The molecule has 1 fully saturated rings. The highest BCUT2D eigenvalue weighted by Crippen LogP contribution is 2.27. The van der Waals surface area contributed by atoms with Crippen molar-refractivity contribution in [3.8, 4) is 0 Å². The third-order valence-corrected chi connectivity index (χ3v) is 3.91. The van der Waals surface area contributed by atoms with Crippen molar-refractivity contribution in [1.29, 1.82) is 0 Å². The van der Waals surface area contributed by atoms with E-state index in [0.29, 0.717) is 6.54 Å². The minimum absolute atomic E-state index is 0.0518. The molecule has 2 unspecified atom stereocenters. The summed E-state index contributed by atoms with van der Waals surface area (Å²) in [5, 5.41) is 8.79. The molecule has 0 radical (unpaired) electrons. The topological polar surface area (TPSA) is 57.6 Å². The number of hydrogen-bond acceptors (Lipinski definition) is 3. The van der Waals surface area contributed by atoms with Crippen LogP contribution in [0.1, 0.15) is 19.8 Å². The van der Waals surface area contributed by atoms with Crippen molar-refractivity contribution in [3.63, 3.8) is 0 Å². The molecule has 0 saturated carbocycles. The molecular formula is C10H17NO3S. The van der Waals surface area contributed by atoms with Crippen LogP contribution in [-0.2, 0) is 9.59 Å². The molecule has 1 rings (SSSR count). The van der Waals surface area contributed by atoms with Gasteiger partial charge in [-0.3, -0.25) is 9.59 Å². The Morgan fingerprint density at radius 1 is 1.60 bits per heavy atom. The summed E-state index contributed by atoms with van der Waals surface area (Å²) in [7, 11) is 1.68. The summed E-state index contributed by atoms with van der Waals surface area (Å²) in [6.45, 7) is 1.92. The highest BCUT2D eigenvalue weighted by molar-refractivity contribution is 8.00. The van der Waals surface area contributed by atoms with Crippen molar-refractivity contribution in [3.05, 3.63) is 0 Å². The van der Waals surface area contributed by atoms with Crippen molar-refractivity contribution >= 4 is 23.6 Å². The molecule has 0 aromatic carbocycles. The molecule has 1 N–H and O–H groups in total. The number of carboxylic acids is 1. The molecule has 1 amide bonds. The minimum Gasteiger partial charge on any atom is -0.481 e. The van der Waals surface area contributed by atoms with Gasteiger partial charge in [0.15, 0.2) is 0 Å². The van der Waals surface area contributed by atoms with Crippen LogP contribution in [0.5, 0.6) is 0 Å². The first-order valence-electron chi connectivity index (χ1n) is 5.11. The molecule has 0 aromatic heterocycles. The van der Waals surface area contributed by atoms with Crippen LogP contribution in [0.3, 0.4) is 0 Å². The van der Waals surface area contributed by atoms with Gasteiger partial charge in [-0.1, -0.05) is 6.92 Å². The standard InChI is InChI=1S/C10H17NO3S/c1-7(10(13)14)6-11(2)9(12)8-4-3-5-15-8/h7-8H,3-6H2,1-2H3,(H,13,14). The summed E-state index contributed by atoms with van der Waals surface area (Å²) in [5.74, 6) is -0.233. The second kappa shape index (κ2) is 5.39. The second-order valence-electron chi connectivity index (χ2n) is 3.96. The number of hydrogen-bond donors (Lipinski definition) is 1. The van der Waals surface area contributed by atoms with Crippen molar-refractivity contribution in [1.82, 2.24) is 4.90 Å². The summed E-state index contributed by atoms with van der Waals surface area (Å²) in [4.78, 5) is 24.0. The molecule has 0 aromatic rings. The highest BCUT2D eigenvalue weighted by Gasteiger charge is 2.27. The summed E-state index contributed by atoms with van der Waals surface area (Å²) in [5.41, 5.74) is 0. The van der Waals surface area contributed by atoms with E-state index >= 15 is 0 Å². The fourth-order valence-corrected chi connectivity index (χ4v) is 2.87. The third-order valence-electron chi connectivity index (χ3n) is 2.55. The Morgan fingerprint density at radius 2 is 2.27 bits per heavy atom. The van der Waals surface area contributed by atoms with Crippen LogP contribution in [0, 0.1) is 5.92 Å². The molecular weight excluding hydrogens is 214 g/mol. The Labute approximate surface area is 94.0 Å². The van der Waals surface area contributed by atoms with E-state index in [4.69, 9.17) is 5.11 Å². The molecule has 2 atom stereocenters. The van der Waals surface area contributed by atoms with Gasteiger partial charge in [-0.15, -0.1) is 11.8 Å². The van der Waals surface area contributed by atoms with Gasteiger partial charge in [-0.25, -0.2) is 0 Å². The van der Waals surface area contributed by atoms with Crippen LogP contribution in [0.25, 0.3) is 0 Å². The summed E-state index contributed by atoms with van der Waals surface area (Å²) in [6.07, 6.45) is 2.01. The van der Waals surface area contributed by atoms with Crippen molar-refractivity contribution < 1.29 is 14.7 Å². The Bertz CT molecular complexity index is 251. The lowest BCUT2D eigenvalue weighted by molar-refractivity contribution is -0.142. The lowest BCUT2D eigenvalue weighted by Crippen LogP contribution is -2.38. The van der Waals surface area contributed by atoms with Crippen molar-refractivity contribution in [2.45, 2.75) is 25.0 Å². The molecule has 1 aliphatic heterocycles. The maximum absolute atomic E-state index is 11.8. The predicted octanol–water partition coefficient (Wildman–Crippen LogP) is 1.06. The van der Waals surface area contributed by atoms with Gasteiger partial charge >= 0.3 is 5.97 Å². The van der Waals surface area contributed by atoms with Crippen LogP contribution < -0.4 is 0 Å². The molecule has 1 saturated heterocycles. The Balaban J connectivity index is 2.41. The first-order valence-corrected chi connectivity index (χ1v) is 6.16. The molecule has 4 nitrogen and oxygen atoms in total. The van der Waals surface area contributed by atoms with Crippen molar-refractivity contribution in [2.24, 2.45) is 5.92 Å². The molecule has 0 spiro atoms. The summed E-state index contributed by atoms with van der Waals surface area (Å²) in [6, 6.07) is 0. The predicted molar refractivity (Wildman–Crippen MR) is 59.9 cm³/mol. The molecule has 0 aliphatic carbocycles. The van der Waals surface area contributed by atoms with Crippen LogP contribution in [0.4, 0.5) is 0 Å². The van der Waals surface area contributed by atoms with E-state index < -0.39 is 11.9 Å². The van der Waals surface area contributed by atoms with E-state index in [0.717, 1.165) is 18.6 Å². The van der Waals surface area contributed by atoms with Gasteiger partial charge in [0.2, 0.25) is 5.91 Å². The Kier molecular flexibility index (Phi) is 4.45. The second-order valence-corrected chi connectivity index (χ2v) is 5.27. The molecule has 1 aliphatic rings. The van der Waals surface area contributed by atoms with Gasteiger partial charge in [0, 0.05) is 13.6 Å². The first-order chi connectivity index (χ1) is 7.02. The zero-order valence-corrected chi connectivity index (χ0v) is 9.92. The van der Waals surface area contributed by atoms with Gasteiger partial charge in [0.25, 0.3) is 0 Å². The van der Waals surface area contributed by atoms with Crippen LogP contribution in [0.15, 0.2) is 0 Å². The molecule has 5 heteroatoms. The number of carbonyl (C=O) groups excluding carboxylic acids is 1. The Morgan fingerprint density at radius 3 is 2.73 bits per heavy atom. The van der Waals surface area contributed by atoms with Gasteiger partial charge in [0.05, 0.1) is 11.2 Å². The van der Waals surface area contributed by atoms with Gasteiger partial charge in [0.1, 0.15) is 0 Å². The number of aliphatic carboxylic acids is 1. The number of rotatable bonds is 4. The maximum atomic E-state index is 11.8.